The summed E-state index contributed by atoms with van der Waals surface area (Å²) in [5, 5.41) is 2.70. The number of carbonyl (C=O) groups excluding carboxylic acids is 2. The summed E-state index contributed by atoms with van der Waals surface area (Å²) in [6.07, 6.45) is 2.52. The van der Waals surface area contributed by atoms with Crippen LogP contribution in [0.2, 0.25) is 0 Å². The SMILES string of the molecule is CCc1ccc(NC(=O)COC(=O)Cn2cnc3ccccc32)cc1. The van der Waals surface area contributed by atoms with Crippen LogP contribution in [0.4, 0.5) is 5.69 Å². The van der Waals surface area contributed by atoms with E-state index in [0.29, 0.717) is 5.69 Å². The molecule has 1 amide bonds. The molecule has 128 valence electrons. The predicted molar refractivity (Wildman–Crippen MR) is 95.1 cm³/mol. The van der Waals surface area contributed by atoms with E-state index in [1.807, 2.05) is 48.5 Å². The second-order valence-electron chi connectivity index (χ2n) is 5.62. The highest BCUT2D eigenvalue weighted by molar-refractivity contribution is 5.92. The van der Waals surface area contributed by atoms with E-state index in [1.165, 1.54) is 5.56 Å². The largest absolute Gasteiger partial charge is 0.454 e. The molecule has 3 rings (SSSR count). The lowest BCUT2D eigenvalue weighted by atomic mass is 10.1. The Bertz CT molecular complexity index is 884. The summed E-state index contributed by atoms with van der Waals surface area (Å²) in [5.74, 6) is -0.854. The van der Waals surface area contributed by atoms with E-state index in [1.54, 1.807) is 10.9 Å². The van der Waals surface area contributed by atoms with Gasteiger partial charge in [0.1, 0.15) is 6.54 Å². The predicted octanol–water partition coefficient (Wildman–Crippen LogP) is 2.78. The fourth-order valence-corrected chi connectivity index (χ4v) is 2.49. The Morgan fingerprint density at radius 1 is 1.12 bits per heavy atom. The highest BCUT2D eigenvalue weighted by Crippen LogP contribution is 2.12. The molecular formula is C19H19N3O3. The summed E-state index contributed by atoms with van der Waals surface area (Å²) >= 11 is 0. The van der Waals surface area contributed by atoms with E-state index in [4.69, 9.17) is 4.74 Å². The Hall–Kier alpha value is -3.15. The van der Waals surface area contributed by atoms with Gasteiger partial charge in [-0.05, 0) is 36.2 Å². The van der Waals surface area contributed by atoms with Gasteiger partial charge < -0.3 is 14.6 Å². The molecule has 0 fully saturated rings. The number of ether oxygens (including phenoxy) is 1. The normalized spacial score (nSPS) is 10.6. The van der Waals surface area contributed by atoms with Crippen molar-refractivity contribution < 1.29 is 14.3 Å². The second-order valence-corrected chi connectivity index (χ2v) is 5.62. The van der Waals surface area contributed by atoms with Gasteiger partial charge in [0, 0.05) is 5.69 Å². The zero-order chi connectivity index (χ0) is 17.6. The van der Waals surface area contributed by atoms with Crippen molar-refractivity contribution in [1.82, 2.24) is 9.55 Å². The number of benzene rings is 2. The lowest BCUT2D eigenvalue weighted by Crippen LogP contribution is -2.22. The summed E-state index contributed by atoms with van der Waals surface area (Å²) in [5.41, 5.74) is 3.53. The standard InChI is InChI=1S/C19H19N3O3/c1-2-14-7-9-15(10-8-14)21-18(23)12-25-19(24)11-22-13-20-16-5-3-4-6-17(16)22/h3-10,13H,2,11-12H2,1H3,(H,21,23). The Morgan fingerprint density at radius 2 is 1.88 bits per heavy atom. The number of nitrogens with one attached hydrogen (secondary N) is 1. The first kappa shape index (κ1) is 16.7. The van der Waals surface area contributed by atoms with Gasteiger partial charge in [0.2, 0.25) is 0 Å². The molecule has 0 radical (unpaired) electrons. The molecule has 6 nitrogen and oxygen atoms in total. The molecular weight excluding hydrogens is 318 g/mol. The lowest BCUT2D eigenvalue weighted by Gasteiger charge is -2.08. The third kappa shape index (κ3) is 4.23. The van der Waals surface area contributed by atoms with Crippen molar-refractivity contribution in [1.29, 1.82) is 0 Å². The molecule has 0 saturated heterocycles. The molecule has 0 aliphatic carbocycles. The van der Waals surface area contributed by atoms with Crippen LogP contribution in [0, 0.1) is 0 Å². The van der Waals surface area contributed by atoms with E-state index in [9.17, 15) is 9.59 Å². The number of para-hydroxylation sites is 2. The van der Waals surface area contributed by atoms with Gasteiger partial charge in [-0.2, -0.15) is 0 Å². The van der Waals surface area contributed by atoms with Crippen LogP contribution in [0.15, 0.2) is 54.9 Å². The van der Waals surface area contributed by atoms with Gasteiger partial charge in [-0.25, -0.2) is 4.98 Å². The highest BCUT2D eigenvalue weighted by Gasteiger charge is 2.10. The van der Waals surface area contributed by atoms with Gasteiger partial charge >= 0.3 is 5.97 Å². The first-order valence-electron chi connectivity index (χ1n) is 8.10. The van der Waals surface area contributed by atoms with Crippen LogP contribution in [0.5, 0.6) is 0 Å². The highest BCUT2D eigenvalue weighted by atomic mass is 16.5. The number of fused-ring (bicyclic) bond motifs is 1. The zero-order valence-electron chi connectivity index (χ0n) is 13.9. The smallest absolute Gasteiger partial charge is 0.326 e. The molecule has 1 N–H and O–H groups in total. The van der Waals surface area contributed by atoms with Crippen LogP contribution in [0.1, 0.15) is 12.5 Å². The van der Waals surface area contributed by atoms with Crippen molar-refractivity contribution in [2.75, 3.05) is 11.9 Å². The minimum atomic E-state index is -0.486. The van der Waals surface area contributed by atoms with Crippen LogP contribution in [0.25, 0.3) is 11.0 Å². The molecule has 0 bridgehead atoms. The molecule has 2 aromatic carbocycles. The van der Waals surface area contributed by atoms with Gasteiger partial charge in [-0.15, -0.1) is 0 Å². The van der Waals surface area contributed by atoms with Gasteiger partial charge in [-0.1, -0.05) is 31.2 Å². The summed E-state index contributed by atoms with van der Waals surface area (Å²) < 4.78 is 6.74. The first-order chi connectivity index (χ1) is 12.2. The fourth-order valence-electron chi connectivity index (χ4n) is 2.49. The third-order valence-electron chi connectivity index (χ3n) is 3.84. The molecule has 3 aromatic rings. The van der Waals surface area contributed by atoms with Gasteiger partial charge in [0.15, 0.2) is 6.61 Å². The number of esters is 1. The Balaban J connectivity index is 1.50. The molecule has 0 spiro atoms. The fraction of sp³-hybridized carbons (Fsp3) is 0.211. The van der Waals surface area contributed by atoms with Crippen molar-refractivity contribution in [2.24, 2.45) is 0 Å². The summed E-state index contributed by atoms with van der Waals surface area (Å²) in [6.45, 7) is 1.76. The van der Waals surface area contributed by atoms with E-state index in [0.717, 1.165) is 17.5 Å². The molecule has 0 aliphatic rings. The van der Waals surface area contributed by atoms with E-state index in [-0.39, 0.29) is 19.1 Å². The van der Waals surface area contributed by atoms with Crippen molar-refractivity contribution in [3.05, 3.63) is 60.4 Å². The van der Waals surface area contributed by atoms with E-state index < -0.39 is 5.97 Å². The van der Waals surface area contributed by atoms with E-state index >= 15 is 0 Å². The van der Waals surface area contributed by atoms with Crippen molar-refractivity contribution in [3.8, 4) is 0 Å². The maximum Gasteiger partial charge on any atom is 0.326 e. The summed E-state index contributed by atoms with van der Waals surface area (Å²) in [6, 6.07) is 15.1. The summed E-state index contributed by atoms with van der Waals surface area (Å²) in [4.78, 5) is 28.0. The topological polar surface area (TPSA) is 73.2 Å². The molecule has 1 heterocycles. The Morgan fingerprint density at radius 3 is 2.64 bits per heavy atom. The molecule has 0 saturated carbocycles. The second kappa shape index (κ2) is 7.61. The maximum atomic E-state index is 11.9. The number of carbonyl (C=O) groups is 2. The maximum absolute atomic E-state index is 11.9. The number of anilines is 1. The van der Waals surface area contributed by atoms with Crippen LogP contribution >= 0.6 is 0 Å². The summed E-state index contributed by atoms with van der Waals surface area (Å²) in [7, 11) is 0. The lowest BCUT2D eigenvalue weighted by molar-refractivity contribution is -0.147. The van der Waals surface area contributed by atoms with E-state index in [2.05, 4.69) is 17.2 Å². The number of hydrogen-bond donors (Lipinski definition) is 1. The average Bonchev–Trinajstić information content (AvgIpc) is 3.04. The number of aromatic nitrogens is 2. The average molecular weight is 337 g/mol. The minimum Gasteiger partial charge on any atom is -0.454 e. The number of imidazole rings is 1. The van der Waals surface area contributed by atoms with Crippen molar-refractivity contribution >= 4 is 28.6 Å². The van der Waals surface area contributed by atoms with Crippen LogP contribution in [-0.4, -0.2) is 28.0 Å². The number of rotatable bonds is 6. The molecule has 0 aliphatic heterocycles. The quantitative estimate of drug-likeness (QED) is 0.702. The first-order valence-corrected chi connectivity index (χ1v) is 8.10. The van der Waals surface area contributed by atoms with Crippen molar-refractivity contribution in [2.45, 2.75) is 19.9 Å². The molecule has 6 heteroatoms. The number of amides is 1. The van der Waals surface area contributed by atoms with Crippen LogP contribution < -0.4 is 5.32 Å². The molecule has 0 atom stereocenters. The third-order valence-corrected chi connectivity index (χ3v) is 3.84. The molecule has 1 aromatic heterocycles. The van der Waals surface area contributed by atoms with Crippen LogP contribution in [0.3, 0.4) is 0 Å². The van der Waals surface area contributed by atoms with Crippen LogP contribution in [-0.2, 0) is 27.3 Å². The zero-order valence-corrected chi connectivity index (χ0v) is 13.9. The number of hydrogen-bond acceptors (Lipinski definition) is 4. The van der Waals surface area contributed by atoms with Gasteiger partial charge in [0.25, 0.3) is 5.91 Å². The van der Waals surface area contributed by atoms with Gasteiger partial charge in [0.05, 0.1) is 17.4 Å². The Labute approximate surface area is 145 Å². The number of nitrogens with zero attached hydrogens (tertiary/aromatic N) is 2. The van der Waals surface area contributed by atoms with Crippen molar-refractivity contribution in [3.63, 3.8) is 0 Å². The van der Waals surface area contributed by atoms with Gasteiger partial charge in [-0.3, -0.25) is 9.59 Å². The Kier molecular flexibility index (Phi) is 5.09. The minimum absolute atomic E-state index is 0.0129. The molecule has 25 heavy (non-hydrogen) atoms. The number of aryl methyl sites for hydroxylation is 1. The monoisotopic (exact) mass is 337 g/mol. The molecule has 0 unspecified atom stereocenters.